The van der Waals surface area contributed by atoms with Gasteiger partial charge in [-0.25, -0.2) is 17.9 Å². The Morgan fingerprint density at radius 1 is 1.43 bits per heavy atom. The standard InChI is InChI=1S/C14H18N2O4S/c1-8-10(4-5-11-12(8)7-20-14(11)17)13(6-15)16-21(18,19)9-2-3-9/h4-5,9,13,16H,2-3,6-7,15H2,1H3/t13-/m0/s1. The van der Waals surface area contributed by atoms with Gasteiger partial charge >= 0.3 is 5.97 Å². The number of nitrogens with two attached hydrogens (primary N) is 1. The Morgan fingerprint density at radius 3 is 2.76 bits per heavy atom. The first kappa shape index (κ1) is 14.5. The summed E-state index contributed by atoms with van der Waals surface area (Å²) in [6.45, 7) is 2.27. The molecule has 1 aromatic rings. The Hall–Kier alpha value is -1.44. The quantitative estimate of drug-likeness (QED) is 0.782. The van der Waals surface area contributed by atoms with E-state index in [1.165, 1.54) is 0 Å². The molecular weight excluding hydrogens is 292 g/mol. The van der Waals surface area contributed by atoms with Crippen molar-refractivity contribution in [2.45, 2.75) is 37.7 Å². The average molecular weight is 310 g/mol. The largest absolute Gasteiger partial charge is 0.457 e. The van der Waals surface area contributed by atoms with E-state index in [1.807, 2.05) is 6.92 Å². The van der Waals surface area contributed by atoms with Crippen molar-refractivity contribution in [1.29, 1.82) is 0 Å². The fourth-order valence-corrected chi connectivity index (χ4v) is 4.23. The molecule has 0 amide bonds. The van der Waals surface area contributed by atoms with E-state index < -0.39 is 16.1 Å². The van der Waals surface area contributed by atoms with Crippen LogP contribution in [0.15, 0.2) is 12.1 Å². The van der Waals surface area contributed by atoms with E-state index in [4.69, 9.17) is 10.5 Å². The molecule has 1 fully saturated rings. The van der Waals surface area contributed by atoms with Gasteiger partial charge in [0.25, 0.3) is 0 Å². The fraction of sp³-hybridized carbons (Fsp3) is 0.500. The summed E-state index contributed by atoms with van der Waals surface area (Å²) in [5.74, 6) is -0.331. The number of benzene rings is 1. The number of carbonyl (C=O) groups excluding carboxylic acids is 1. The first-order chi connectivity index (χ1) is 9.94. The average Bonchev–Trinajstić information content (AvgIpc) is 3.23. The van der Waals surface area contributed by atoms with Crippen LogP contribution in [-0.2, 0) is 21.4 Å². The van der Waals surface area contributed by atoms with E-state index in [0.29, 0.717) is 18.4 Å². The third-order valence-electron chi connectivity index (χ3n) is 4.09. The van der Waals surface area contributed by atoms with Crippen LogP contribution in [0.25, 0.3) is 0 Å². The minimum atomic E-state index is -3.32. The van der Waals surface area contributed by atoms with Gasteiger partial charge in [0, 0.05) is 12.1 Å². The molecule has 7 heteroatoms. The van der Waals surface area contributed by atoms with Crippen LogP contribution in [-0.4, -0.2) is 26.2 Å². The van der Waals surface area contributed by atoms with Gasteiger partial charge in [-0.3, -0.25) is 0 Å². The smallest absolute Gasteiger partial charge is 0.338 e. The first-order valence-electron chi connectivity index (χ1n) is 6.94. The number of fused-ring (bicyclic) bond motifs is 1. The maximum absolute atomic E-state index is 12.1. The van der Waals surface area contributed by atoms with Crippen LogP contribution in [0.3, 0.4) is 0 Å². The number of hydrogen-bond donors (Lipinski definition) is 2. The predicted octanol–water partition coefficient (Wildman–Crippen LogP) is 0.747. The number of nitrogens with one attached hydrogen (secondary N) is 1. The molecule has 1 aliphatic heterocycles. The molecule has 1 aliphatic carbocycles. The predicted molar refractivity (Wildman–Crippen MR) is 77.2 cm³/mol. The highest BCUT2D eigenvalue weighted by atomic mass is 32.2. The van der Waals surface area contributed by atoms with Gasteiger partial charge in [0.05, 0.1) is 16.9 Å². The molecule has 0 unspecified atom stereocenters. The number of sulfonamides is 1. The Balaban J connectivity index is 1.93. The van der Waals surface area contributed by atoms with Crippen molar-refractivity contribution in [3.8, 4) is 0 Å². The molecule has 3 N–H and O–H groups in total. The van der Waals surface area contributed by atoms with E-state index in [9.17, 15) is 13.2 Å². The van der Waals surface area contributed by atoms with Gasteiger partial charge in [0.15, 0.2) is 0 Å². The van der Waals surface area contributed by atoms with Gasteiger partial charge < -0.3 is 10.5 Å². The summed E-state index contributed by atoms with van der Waals surface area (Å²) < 4.78 is 31.9. The van der Waals surface area contributed by atoms with E-state index in [2.05, 4.69) is 4.72 Å². The maximum atomic E-state index is 12.1. The molecule has 0 bridgehead atoms. The zero-order chi connectivity index (χ0) is 15.2. The monoisotopic (exact) mass is 310 g/mol. The highest BCUT2D eigenvalue weighted by Crippen LogP contribution is 2.32. The molecular formula is C14H18N2O4S. The van der Waals surface area contributed by atoms with Crippen molar-refractivity contribution in [1.82, 2.24) is 4.72 Å². The molecule has 114 valence electrons. The highest BCUT2D eigenvalue weighted by molar-refractivity contribution is 7.90. The second-order valence-electron chi connectivity index (χ2n) is 5.53. The van der Waals surface area contributed by atoms with E-state index >= 15 is 0 Å². The fourth-order valence-electron chi connectivity index (χ4n) is 2.66. The third kappa shape index (κ3) is 2.56. The minimum Gasteiger partial charge on any atom is -0.457 e. The molecule has 0 aromatic heterocycles. The van der Waals surface area contributed by atoms with Crippen molar-refractivity contribution in [3.63, 3.8) is 0 Å². The summed E-state index contributed by atoms with van der Waals surface area (Å²) in [4.78, 5) is 11.5. The van der Waals surface area contributed by atoms with Crippen LogP contribution in [0.2, 0.25) is 0 Å². The van der Waals surface area contributed by atoms with Gasteiger partial charge in [0.1, 0.15) is 6.61 Å². The van der Waals surface area contributed by atoms with Gasteiger partial charge in [-0.2, -0.15) is 0 Å². The normalized spacial score (nSPS) is 19.2. The van der Waals surface area contributed by atoms with Crippen LogP contribution in [0, 0.1) is 6.92 Å². The molecule has 1 aromatic carbocycles. The van der Waals surface area contributed by atoms with E-state index in [0.717, 1.165) is 16.7 Å². The summed E-state index contributed by atoms with van der Waals surface area (Å²) in [5, 5.41) is -0.286. The lowest BCUT2D eigenvalue weighted by Gasteiger charge is -2.20. The number of carbonyl (C=O) groups is 1. The molecule has 21 heavy (non-hydrogen) atoms. The summed E-state index contributed by atoms with van der Waals surface area (Å²) >= 11 is 0. The zero-order valence-corrected chi connectivity index (χ0v) is 12.6. The van der Waals surface area contributed by atoms with Crippen LogP contribution < -0.4 is 10.5 Å². The summed E-state index contributed by atoms with van der Waals surface area (Å²) in [5.41, 5.74) is 8.79. The Kier molecular flexibility index (Phi) is 3.51. The molecule has 0 radical (unpaired) electrons. The van der Waals surface area contributed by atoms with Crippen molar-refractivity contribution in [2.24, 2.45) is 5.73 Å². The molecule has 2 aliphatic rings. The summed E-state index contributed by atoms with van der Waals surface area (Å²) in [6, 6.07) is 2.96. The van der Waals surface area contributed by atoms with Crippen molar-refractivity contribution < 1.29 is 17.9 Å². The summed E-state index contributed by atoms with van der Waals surface area (Å²) in [7, 11) is -3.32. The molecule has 1 heterocycles. The van der Waals surface area contributed by atoms with Crippen molar-refractivity contribution in [2.75, 3.05) is 6.54 Å². The van der Waals surface area contributed by atoms with Crippen molar-refractivity contribution >= 4 is 16.0 Å². The van der Waals surface area contributed by atoms with Crippen LogP contribution >= 0.6 is 0 Å². The summed E-state index contributed by atoms with van der Waals surface area (Å²) in [6.07, 6.45) is 1.41. The molecule has 6 nitrogen and oxygen atoms in total. The second-order valence-corrected chi connectivity index (χ2v) is 7.52. The van der Waals surface area contributed by atoms with E-state index in [-0.39, 0.29) is 24.4 Å². The molecule has 1 atom stereocenters. The van der Waals surface area contributed by atoms with Crippen LogP contribution in [0.4, 0.5) is 0 Å². The Morgan fingerprint density at radius 2 is 2.14 bits per heavy atom. The number of hydrogen-bond acceptors (Lipinski definition) is 5. The van der Waals surface area contributed by atoms with Gasteiger partial charge in [-0.05, 0) is 37.0 Å². The second kappa shape index (κ2) is 5.08. The maximum Gasteiger partial charge on any atom is 0.338 e. The van der Waals surface area contributed by atoms with Gasteiger partial charge in [-0.1, -0.05) is 6.07 Å². The van der Waals surface area contributed by atoms with Gasteiger partial charge in [0.2, 0.25) is 10.0 Å². The number of cyclic esters (lactones) is 1. The molecule has 3 rings (SSSR count). The lowest BCUT2D eigenvalue weighted by molar-refractivity contribution is 0.0535. The van der Waals surface area contributed by atoms with Gasteiger partial charge in [-0.15, -0.1) is 0 Å². The minimum absolute atomic E-state index is 0.167. The van der Waals surface area contributed by atoms with Crippen LogP contribution in [0.1, 0.15) is 45.9 Å². The topological polar surface area (TPSA) is 98.5 Å². The Labute approximate surface area is 123 Å². The molecule has 0 spiro atoms. The lowest BCUT2D eigenvalue weighted by Crippen LogP contribution is -2.36. The SMILES string of the molecule is Cc1c([C@H](CN)NS(=O)(=O)C2CC2)ccc2c1COC2=O. The third-order valence-corrected chi connectivity index (χ3v) is 6.05. The lowest BCUT2D eigenvalue weighted by atomic mass is 9.94. The van der Waals surface area contributed by atoms with E-state index in [1.54, 1.807) is 12.1 Å². The van der Waals surface area contributed by atoms with Crippen LogP contribution in [0.5, 0.6) is 0 Å². The number of esters is 1. The molecule has 1 saturated carbocycles. The highest BCUT2D eigenvalue weighted by Gasteiger charge is 2.37. The number of rotatable bonds is 5. The molecule has 0 saturated heterocycles. The Bertz CT molecular complexity index is 695. The number of ether oxygens (including phenoxy) is 1. The zero-order valence-electron chi connectivity index (χ0n) is 11.8. The first-order valence-corrected chi connectivity index (χ1v) is 8.49. The van der Waals surface area contributed by atoms with Crippen molar-refractivity contribution in [3.05, 3.63) is 34.4 Å².